The summed E-state index contributed by atoms with van der Waals surface area (Å²) in [6.07, 6.45) is 1.55. The Morgan fingerprint density at radius 1 is 1.24 bits per heavy atom. The largest absolute Gasteiger partial charge is 0.314 e. The molecule has 21 heavy (non-hydrogen) atoms. The second kappa shape index (κ2) is 7.36. The average molecular weight is 289 g/mol. The van der Waals surface area contributed by atoms with Crippen molar-refractivity contribution in [1.29, 1.82) is 0 Å². The maximum atomic E-state index is 13.8. The van der Waals surface area contributed by atoms with Gasteiger partial charge in [0.1, 0.15) is 5.82 Å². The van der Waals surface area contributed by atoms with Crippen molar-refractivity contribution in [3.63, 3.8) is 0 Å². The van der Waals surface area contributed by atoms with E-state index in [0.717, 1.165) is 30.8 Å². The molecule has 1 aromatic carbocycles. The standard InChI is InChI=1S/C17H24FN3/c1-4-19-15(11-14-8-6-7-9-17(14)18)12-16-10-13(3)20-21(16)5-2/h6-10,15,19H,4-5,11-12H2,1-3H3. The van der Waals surface area contributed by atoms with E-state index < -0.39 is 0 Å². The number of halogens is 1. The van der Waals surface area contributed by atoms with Crippen LogP contribution in [-0.4, -0.2) is 22.4 Å². The second-order valence-corrected chi connectivity index (χ2v) is 5.35. The van der Waals surface area contributed by atoms with Crippen LogP contribution in [0, 0.1) is 12.7 Å². The zero-order valence-corrected chi connectivity index (χ0v) is 13.1. The van der Waals surface area contributed by atoms with Gasteiger partial charge < -0.3 is 5.32 Å². The van der Waals surface area contributed by atoms with E-state index in [1.807, 2.05) is 23.7 Å². The predicted octanol–water partition coefficient (Wildman–Crippen LogP) is 3.11. The third-order valence-electron chi connectivity index (χ3n) is 3.66. The molecule has 0 radical (unpaired) electrons. The third kappa shape index (κ3) is 4.14. The van der Waals surface area contributed by atoms with Crippen LogP contribution in [0.15, 0.2) is 30.3 Å². The van der Waals surface area contributed by atoms with Gasteiger partial charge in [-0.1, -0.05) is 25.1 Å². The normalized spacial score (nSPS) is 12.6. The van der Waals surface area contributed by atoms with Crippen LogP contribution in [-0.2, 0) is 19.4 Å². The lowest BCUT2D eigenvalue weighted by molar-refractivity contribution is 0.485. The molecule has 0 fully saturated rings. The van der Waals surface area contributed by atoms with Crippen molar-refractivity contribution < 1.29 is 4.39 Å². The van der Waals surface area contributed by atoms with Crippen LogP contribution in [0.2, 0.25) is 0 Å². The van der Waals surface area contributed by atoms with Gasteiger partial charge in [0.05, 0.1) is 5.69 Å². The van der Waals surface area contributed by atoms with Gasteiger partial charge >= 0.3 is 0 Å². The van der Waals surface area contributed by atoms with Gasteiger partial charge in [0.15, 0.2) is 0 Å². The van der Waals surface area contributed by atoms with E-state index in [9.17, 15) is 4.39 Å². The molecule has 1 N–H and O–H groups in total. The topological polar surface area (TPSA) is 29.9 Å². The number of nitrogens with one attached hydrogen (secondary N) is 1. The van der Waals surface area contributed by atoms with E-state index in [4.69, 9.17) is 0 Å². The Hall–Kier alpha value is -1.68. The number of hydrogen-bond donors (Lipinski definition) is 1. The molecular formula is C17H24FN3. The van der Waals surface area contributed by atoms with Crippen LogP contribution >= 0.6 is 0 Å². The number of hydrogen-bond acceptors (Lipinski definition) is 2. The Morgan fingerprint density at radius 2 is 2.00 bits per heavy atom. The lowest BCUT2D eigenvalue weighted by atomic mass is 10.0. The van der Waals surface area contributed by atoms with Gasteiger partial charge in [-0.05, 0) is 44.5 Å². The van der Waals surface area contributed by atoms with Crippen LogP contribution in [0.4, 0.5) is 4.39 Å². The lowest BCUT2D eigenvalue weighted by Crippen LogP contribution is -2.34. The number of nitrogens with zero attached hydrogens (tertiary/aromatic N) is 2. The molecule has 1 aromatic heterocycles. The van der Waals surface area contributed by atoms with E-state index >= 15 is 0 Å². The SMILES string of the molecule is CCNC(Cc1ccccc1F)Cc1cc(C)nn1CC. The van der Waals surface area contributed by atoms with Gasteiger partial charge in [-0.15, -0.1) is 0 Å². The van der Waals surface area contributed by atoms with Crippen LogP contribution < -0.4 is 5.32 Å². The molecule has 114 valence electrons. The number of benzene rings is 1. The molecule has 0 aliphatic heterocycles. The van der Waals surface area contributed by atoms with Crippen LogP contribution in [0.1, 0.15) is 30.8 Å². The number of aromatic nitrogens is 2. The van der Waals surface area contributed by atoms with Crippen molar-refractivity contribution in [1.82, 2.24) is 15.1 Å². The van der Waals surface area contributed by atoms with Gasteiger partial charge in [-0.3, -0.25) is 4.68 Å². The summed E-state index contributed by atoms with van der Waals surface area (Å²) >= 11 is 0. The molecule has 0 amide bonds. The molecule has 2 rings (SSSR count). The maximum Gasteiger partial charge on any atom is 0.126 e. The minimum atomic E-state index is -0.124. The first-order valence-corrected chi connectivity index (χ1v) is 7.64. The van der Waals surface area contributed by atoms with Crippen molar-refractivity contribution in [2.75, 3.05) is 6.54 Å². The summed E-state index contributed by atoms with van der Waals surface area (Å²) < 4.78 is 15.9. The first kappa shape index (κ1) is 15.7. The van der Waals surface area contributed by atoms with Gasteiger partial charge in [-0.2, -0.15) is 5.10 Å². The first-order chi connectivity index (χ1) is 10.1. The molecule has 4 heteroatoms. The zero-order chi connectivity index (χ0) is 15.2. The molecule has 1 heterocycles. The molecule has 0 saturated carbocycles. The van der Waals surface area contributed by atoms with E-state index in [1.54, 1.807) is 6.07 Å². The van der Waals surface area contributed by atoms with Gasteiger partial charge in [0.2, 0.25) is 0 Å². The highest BCUT2D eigenvalue weighted by Crippen LogP contribution is 2.13. The summed E-state index contributed by atoms with van der Waals surface area (Å²) in [5.74, 6) is -0.124. The highest BCUT2D eigenvalue weighted by atomic mass is 19.1. The fourth-order valence-corrected chi connectivity index (χ4v) is 2.72. The van der Waals surface area contributed by atoms with Gasteiger partial charge in [-0.25, -0.2) is 4.39 Å². The molecule has 0 aliphatic carbocycles. The summed E-state index contributed by atoms with van der Waals surface area (Å²) in [7, 11) is 0. The number of rotatable bonds is 7. The Balaban J connectivity index is 2.13. The van der Waals surface area contributed by atoms with E-state index in [1.165, 1.54) is 11.8 Å². The van der Waals surface area contributed by atoms with Crippen LogP contribution in [0.3, 0.4) is 0 Å². The molecule has 3 nitrogen and oxygen atoms in total. The molecule has 0 spiro atoms. The second-order valence-electron chi connectivity index (χ2n) is 5.35. The Kier molecular flexibility index (Phi) is 5.51. The minimum Gasteiger partial charge on any atom is -0.314 e. The fourth-order valence-electron chi connectivity index (χ4n) is 2.72. The van der Waals surface area contributed by atoms with E-state index in [2.05, 4.69) is 30.3 Å². The third-order valence-corrected chi connectivity index (χ3v) is 3.66. The van der Waals surface area contributed by atoms with E-state index in [0.29, 0.717) is 6.42 Å². The quantitative estimate of drug-likeness (QED) is 0.849. The highest BCUT2D eigenvalue weighted by Gasteiger charge is 2.15. The number of likely N-dealkylation sites (N-methyl/N-ethyl adjacent to an activating group) is 1. The number of aryl methyl sites for hydroxylation is 2. The molecular weight excluding hydrogens is 265 g/mol. The molecule has 0 saturated heterocycles. The molecule has 1 unspecified atom stereocenters. The Bertz CT molecular complexity index is 577. The fraction of sp³-hybridized carbons (Fsp3) is 0.471. The van der Waals surface area contributed by atoms with Crippen LogP contribution in [0.5, 0.6) is 0 Å². The average Bonchev–Trinajstić information content (AvgIpc) is 2.81. The van der Waals surface area contributed by atoms with Crippen molar-refractivity contribution in [3.05, 3.63) is 53.1 Å². The van der Waals surface area contributed by atoms with E-state index in [-0.39, 0.29) is 11.9 Å². The summed E-state index contributed by atoms with van der Waals surface area (Å²) in [6, 6.07) is 9.35. The zero-order valence-electron chi connectivity index (χ0n) is 13.1. The maximum absolute atomic E-state index is 13.8. The van der Waals surface area contributed by atoms with Crippen molar-refractivity contribution >= 4 is 0 Å². The summed E-state index contributed by atoms with van der Waals surface area (Å²) in [5, 5.41) is 7.94. The summed E-state index contributed by atoms with van der Waals surface area (Å²) in [5.41, 5.74) is 3.01. The minimum absolute atomic E-state index is 0.124. The summed E-state index contributed by atoms with van der Waals surface area (Å²) in [6.45, 7) is 7.92. The van der Waals surface area contributed by atoms with Crippen LogP contribution in [0.25, 0.3) is 0 Å². The Morgan fingerprint density at radius 3 is 2.67 bits per heavy atom. The molecule has 0 aliphatic rings. The van der Waals surface area contributed by atoms with Crippen molar-refractivity contribution in [2.45, 2.75) is 46.2 Å². The lowest BCUT2D eigenvalue weighted by Gasteiger charge is -2.19. The Labute approximate surface area is 126 Å². The highest BCUT2D eigenvalue weighted by molar-refractivity contribution is 5.19. The first-order valence-electron chi connectivity index (χ1n) is 7.64. The predicted molar refractivity (Wildman–Crippen MR) is 83.9 cm³/mol. The monoisotopic (exact) mass is 289 g/mol. The molecule has 0 bridgehead atoms. The van der Waals surface area contributed by atoms with Crippen molar-refractivity contribution in [3.8, 4) is 0 Å². The smallest absolute Gasteiger partial charge is 0.126 e. The molecule has 2 aromatic rings. The summed E-state index contributed by atoms with van der Waals surface area (Å²) in [4.78, 5) is 0. The van der Waals surface area contributed by atoms with Crippen molar-refractivity contribution in [2.24, 2.45) is 0 Å². The van der Waals surface area contributed by atoms with Gasteiger partial charge in [0.25, 0.3) is 0 Å². The van der Waals surface area contributed by atoms with Gasteiger partial charge in [0, 0.05) is 24.7 Å². The molecule has 1 atom stereocenters.